The number of phenols is 2. The highest BCUT2D eigenvalue weighted by Crippen LogP contribution is 2.25. The topological polar surface area (TPSA) is 57.5 Å². The Balaban J connectivity index is 2.68. The number of hydrogen-bond acceptors (Lipinski definition) is 3. The maximum absolute atomic E-state index is 10.7. The molecule has 0 unspecified atom stereocenters. The van der Waals surface area contributed by atoms with Crippen molar-refractivity contribution in [3.8, 4) is 11.5 Å². The molecule has 0 spiro atoms. The quantitative estimate of drug-likeness (QED) is 0.695. The third-order valence-electron chi connectivity index (χ3n) is 1.81. The van der Waals surface area contributed by atoms with Crippen LogP contribution in [-0.4, -0.2) is 16.0 Å². The van der Waals surface area contributed by atoms with Crippen molar-refractivity contribution >= 4 is 5.78 Å². The molecule has 0 radical (unpaired) electrons. The van der Waals surface area contributed by atoms with Crippen LogP contribution in [0.15, 0.2) is 18.2 Å². The standard InChI is InChI=1S/C10H12O3/c1-7(11)2-3-8-4-5-9(12)10(13)6-8/h4-6,12-13H,2-3H2,1H3. The van der Waals surface area contributed by atoms with Gasteiger partial charge in [-0.25, -0.2) is 0 Å². The maximum atomic E-state index is 10.7. The van der Waals surface area contributed by atoms with Gasteiger partial charge in [0.05, 0.1) is 0 Å². The van der Waals surface area contributed by atoms with Crippen LogP contribution in [0.3, 0.4) is 0 Å². The summed E-state index contributed by atoms with van der Waals surface area (Å²) in [4.78, 5) is 10.7. The van der Waals surface area contributed by atoms with Crippen molar-refractivity contribution in [2.24, 2.45) is 0 Å². The number of phenolic OH excluding ortho intramolecular Hbond substituents is 2. The summed E-state index contributed by atoms with van der Waals surface area (Å²) in [6.07, 6.45) is 1.06. The lowest BCUT2D eigenvalue weighted by molar-refractivity contribution is -0.116. The SMILES string of the molecule is CC(=O)CCc1ccc(O)c(O)c1. The minimum Gasteiger partial charge on any atom is -0.504 e. The Hall–Kier alpha value is -1.51. The first-order valence-corrected chi connectivity index (χ1v) is 4.10. The number of carbonyl (C=O) groups excluding carboxylic acids is 1. The van der Waals surface area contributed by atoms with E-state index in [-0.39, 0.29) is 17.3 Å². The fraction of sp³-hybridized carbons (Fsp3) is 0.300. The first kappa shape index (κ1) is 9.58. The number of aromatic hydroxyl groups is 2. The van der Waals surface area contributed by atoms with Crippen molar-refractivity contribution in [3.63, 3.8) is 0 Å². The van der Waals surface area contributed by atoms with Gasteiger partial charge in [-0.3, -0.25) is 0 Å². The summed E-state index contributed by atoms with van der Waals surface area (Å²) in [6.45, 7) is 1.53. The average Bonchev–Trinajstić information content (AvgIpc) is 2.07. The highest BCUT2D eigenvalue weighted by atomic mass is 16.3. The fourth-order valence-corrected chi connectivity index (χ4v) is 1.04. The molecular weight excluding hydrogens is 168 g/mol. The Kier molecular flexibility index (Phi) is 2.90. The number of rotatable bonds is 3. The van der Waals surface area contributed by atoms with Crippen molar-refractivity contribution in [1.82, 2.24) is 0 Å². The molecule has 0 aromatic heterocycles. The van der Waals surface area contributed by atoms with E-state index in [1.807, 2.05) is 0 Å². The van der Waals surface area contributed by atoms with Crippen molar-refractivity contribution in [3.05, 3.63) is 23.8 Å². The number of hydrogen-bond donors (Lipinski definition) is 2. The number of Topliss-reactive ketones (excluding diaryl/α,β-unsaturated/α-hetero) is 1. The Morgan fingerprint density at radius 3 is 2.54 bits per heavy atom. The van der Waals surface area contributed by atoms with Gasteiger partial charge >= 0.3 is 0 Å². The zero-order valence-electron chi connectivity index (χ0n) is 7.45. The van der Waals surface area contributed by atoms with Crippen LogP contribution >= 0.6 is 0 Å². The first-order valence-electron chi connectivity index (χ1n) is 4.10. The minimum absolute atomic E-state index is 0.118. The van der Waals surface area contributed by atoms with Crippen LogP contribution in [0.4, 0.5) is 0 Å². The van der Waals surface area contributed by atoms with Crippen molar-refractivity contribution in [2.45, 2.75) is 19.8 Å². The van der Waals surface area contributed by atoms with E-state index in [0.29, 0.717) is 12.8 Å². The van der Waals surface area contributed by atoms with Gasteiger partial charge in [-0.05, 0) is 31.0 Å². The molecule has 70 valence electrons. The highest BCUT2D eigenvalue weighted by molar-refractivity contribution is 5.75. The fourth-order valence-electron chi connectivity index (χ4n) is 1.04. The number of carbonyl (C=O) groups is 1. The molecule has 0 fully saturated rings. The van der Waals surface area contributed by atoms with E-state index in [2.05, 4.69) is 0 Å². The van der Waals surface area contributed by atoms with Gasteiger partial charge in [0.2, 0.25) is 0 Å². The van der Waals surface area contributed by atoms with Gasteiger partial charge in [-0.1, -0.05) is 6.07 Å². The third-order valence-corrected chi connectivity index (χ3v) is 1.81. The molecular formula is C10H12O3. The summed E-state index contributed by atoms with van der Waals surface area (Å²) < 4.78 is 0. The van der Waals surface area contributed by atoms with E-state index >= 15 is 0 Å². The second-order valence-corrected chi connectivity index (χ2v) is 3.03. The molecule has 0 aliphatic carbocycles. The molecule has 1 rings (SSSR count). The van der Waals surface area contributed by atoms with Crippen LogP contribution < -0.4 is 0 Å². The summed E-state index contributed by atoms with van der Waals surface area (Å²) in [5.41, 5.74) is 0.852. The molecule has 0 saturated heterocycles. The van der Waals surface area contributed by atoms with E-state index in [0.717, 1.165) is 5.56 Å². The minimum atomic E-state index is -0.138. The van der Waals surface area contributed by atoms with E-state index in [1.165, 1.54) is 19.1 Å². The molecule has 3 heteroatoms. The summed E-state index contributed by atoms with van der Waals surface area (Å²) in [6, 6.07) is 4.58. The Morgan fingerprint density at radius 2 is 2.00 bits per heavy atom. The van der Waals surface area contributed by atoms with E-state index in [1.54, 1.807) is 6.07 Å². The first-order chi connectivity index (χ1) is 6.09. The predicted molar refractivity (Wildman–Crippen MR) is 48.8 cm³/mol. The van der Waals surface area contributed by atoms with Gasteiger partial charge in [-0.15, -0.1) is 0 Å². The van der Waals surface area contributed by atoms with Gasteiger partial charge in [0.1, 0.15) is 5.78 Å². The van der Waals surface area contributed by atoms with Crippen LogP contribution in [0.5, 0.6) is 11.5 Å². The molecule has 0 heterocycles. The van der Waals surface area contributed by atoms with Crippen molar-refractivity contribution in [2.75, 3.05) is 0 Å². The van der Waals surface area contributed by atoms with E-state index < -0.39 is 0 Å². The molecule has 0 bridgehead atoms. The molecule has 0 atom stereocenters. The largest absolute Gasteiger partial charge is 0.504 e. The molecule has 13 heavy (non-hydrogen) atoms. The predicted octanol–water partition coefficient (Wildman–Crippen LogP) is 1.62. The molecule has 2 N–H and O–H groups in total. The van der Waals surface area contributed by atoms with Gasteiger partial charge in [-0.2, -0.15) is 0 Å². The molecule has 3 nitrogen and oxygen atoms in total. The maximum Gasteiger partial charge on any atom is 0.157 e. The number of benzene rings is 1. The Bertz CT molecular complexity index is 318. The number of aryl methyl sites for hydroxylation is 1. The summed E-state index contributed by atoms with van der Waals surface area (Å²) in [5, 5.41) is 18.1. The Morgan fingerprint density at radius 1 is 1.31 bits per heavy atom. The summed E-state index contributed by atoms with van der Waals surface area (Å²) in [5.74, 6) is -0.153. The Labute approximate surface area is 76.6 Å². The summed E-state index contributed by atoms with van der Waals surface area (Å²) >= 11 is 0. The zero-order valence-corrected chi connectivity index (χ0v) is 7.45. The lowest BCUT2D eigenvalue weighted by Crippen LogP contribution is -1.93. The lowest BCUT2D eigenvalue weighted by Gasteiger charge is -2.01. The molecule has 1 aromatic rings. The van der Waals surface area contributed by atoms with Crippen LogP contribution in [0.1, 0.15) is 18.9 Å². The molecule has 1 aromatic carbocycles. The molecule has 0 amide bonds. The summed E-state index contributed by atoms with van der Waals surface area (Å²) in [7, 11) is 0. The van der Waals surface area contributed by atoms with Gasteiger partial charge in [0.25, 0.3) is 0 Å². The third kappa shape index (κ3) is 2.78. The second-order valence-electron chi connectivity index (χ2n) is 3.03. The van der Waals surface area contributed by atoms with Crippen LogP contribution in [0.25, 0.3) is 0 Å². The van der Waals surface area contributed by atoms with Crippen molar-refractivity contribution in [1.29, 1.82) is 0 Å². The highest BCUT2D eigenvalue weighted by Gasteiger charge is 2.01. The van der Waals surface area contributed by atoms with Gasteiger partial charge in [0, 0.05) is 6.42 Å². The van der Waals surface area contributed by atoms with Crippen LogP contribution in [-0.2, 0) is 11.2 Å². The van der Waals surface area contributed by atoms with Crippen LogP contribution in [0, 0.1) is 0 Å². The van der Waals surface area contributed by atoms with E-state index in [9.17, 15) is 4.79 Å². The van der Waals surface area contributed by atoms with Crippen molar-refractivity contribution < 1.29 is 15.0 Å². The molecule has 0 aliphatic heterocycles. The van der Waals surface area contributed by atoms with E-state index in [4.69, 9.17) is 10.2 Å². The monoisotopic (exact) mass is 180 g/mol. The normalized spacial score (nSPS) is 9.92. The zero-order chi connectivity index (χ0) is 9.84. The van der Waals surface area contributed by atoms with Gasteiger partial charge < -0.3 is 15.0 Å². The molecule has 0 aliphatic rings. The van der Waals surface area contributed by atoms with Gasteiger partial charge in [0.15, 0.2) is 11.5 Å². The number of ketones is 1. The average molecular weight is 180 g/mol. The lowest BCUT2D eigenvalue weighted by atomic mass is 10.1. The smallest absolute Gasteiger partial charge is 0.157 e. The molecule has 0 saturated carbocycles. The van der Waals surface area contributed by atoms with Crippen LogP contribution in [0.2, 0.25) is 0 Å². The second kappa shape index (κ2) is 3.94.